The average Bonchev–Trinajstić information content (AvgIpc) is 2.82. The fraction of sp³-hybridized carbons (Fsp3) is 0.120. The molecule has 0 aromatic heterocycles. The Morgan fingerprint density at radius 2 is 1.59 bits per heavy atom. The Morgan fingerprint density at radius 1 is 0.882 bits per heavy atom. The zero-order chi connectivity index (χ0) is 24.3. The van der Waals surface area contributed by atoms with E-state index in [0.717, 1.165) is 11.1 Å². The molecule has 4 N–H and O–H groups in total. The van der Waals surface area contributed by atoms with Gasteiger partial charge in [0, 0.05) is 5.69 Å². The molecule has 0 aliphatic rings. The summed E-state index contributed by atoms with van der Waals surface area (Å²) in [6.07, 6.45) is -0.828. The molecule has 3 aromatic rings. The maximum Gasteiger partial charge on any atom is 0.516 e. The van der Waals surface area contributed by atoms with Crippen molar-refractivity contribution in [1.82, 2.24) is 0 Å². The molecule has 0 fully saturated rings. The Morgan fingerprint density at radius 3 is 2.29 bits per heavy atom. The first-order valence-electron chi connectivity index (χ1n) is 10.3. The third-order valence-electron chi connectivity index (χ3n) is 4.52. The Balaban J connectivity index is 1.46. The van der Waals surface area contributed by atoms with Gasteiger partial charge in [0.1, 0.15) is 12.4 Å². The lowest BCUT2D eigenvalue weighted by Crippen LogP contribution is -2.20. The van der Waals surface area contributed by atoms with Crippen molar-refractivity contribution in [3.63, 3.8) is 0 Å². The number of nitrogens with one attached hydrogen (secondary N) is 2. The quantitative estimate of drug-likeness (QED) is 0.150. The van der Waals surface area contributed by atoms with Crippen LogP contribution < -0.4 is 15.8 Å². The van der Waals surface area contributed by atoms with E-state index in [-0.39, 0.29) is 25.4 Å². The van der Waals surface area contributed by atoms with Gasteiger partial charge in [-0.1, -0.05) is 42.5 Å². The van der Waals surface area contributed by atoms with Gasteiger partial charge in [-0.2, -0.15) is 0 Å². The minimum Gasteiger partial charge on any atom is -0.429 e. The molecule has 0 spiro atoms. The minimum absolute atomic E-state index is 0.0103. The number of hydrogen-bond acceptors (Lipinski definition) is 7. The second-order valence-corrected chi connectivity index (χ2v) is 7.15. The second kappa shape index (κ2) is 11.8. The van der Waals surface area contributed by atoms with Gasteiger partial charge in [-0.15, -0.1) is 0 Å². The van der Waals surface area contributed by atoms with Gasteiger partial charge in [0.15, 0.2) is 5.96 Å². The molecule has 0 heterocycles. The molecule has 174 valence electrons. The van der Waals surface area contributed by atoms with Crippen molar-refractivity contribution in [2.75, 3.05) is 5.32 Å². The highest BCUT2D eigenvalue weighted by Crippen LogP contribution is 2.18. The van der Waals surface area contributed by atoms with E-state index in [1.165, 1.54) is 0 Å². The van der Waals surface area contributed by atoms with Crippen LogP contribution in [0.3, 0.4) is 0 Å². The number of benzene rings is 3. The smallest absolute Gasteiger partial charge is 0.429 e. The maximum atomic E-state index is 12.4. The highest BCUT2D eigenvalue weighted by Gasteiger charge is 2.13. The summed E-state index contributed by atoms with van der Waals surface area (Å²) in [5.74, 6) is -1.18. The van der Waals surface area contributed by atoms with Crippen LogP contribution in [0.15, 0.2) is 78.9 Å². The summed E-state index contributed by atoms with van der Waals surface area (Å²) in [5.41, 5.74) is 7.66. The SMILES string of the molecule is N=C(N)Nc1ccc(C(=O)Oc2cccc(CCC(=O)OC(=O)OCc3ccccc3)c2)cc1. The van der Waals surface area contributed by atoms with E-state index in [2.05, 4.69) is 10.1 Å². The van der Waals surface area contributed by atoms with E-state index in [0.29, 0.717) is 17.0 Å². The molecule has 3 aromatic carbocycles. The molecule has 0 aliphatic heterocycles. The first kappa shape index (κ1) is 24.0. The number of nitrogens with two attached hydrogens (primary N) is 1. The molecular weight excluding hydrogens is 438 g/mol. The van der Waals surface area contributed by atoms with Crippen LogP contribution >= 0.6 is 0 Å². The number of carbonyl (C=O) groups is 3. The van der Waals surface area contributed by atoms with Crippen molar-refractivity contribution in [3.05, 3.63) is 95.6 Å². The normalized spacial score (nSPS) is 10.1. The number of hydrogen-bond donors (Lipinski definition) is 3. The number of rotatable bonds is 8. The standard InChI is InChI=1S/C25H23N3O6/c26-24(27)28-20-12-10-19(11-13-20)23(30)33-21-8-4-7-17(15-21)9-14-22(29)34-25(31)32-16-18-5-2-1-3-6-18/h1-8,10-13,15H,9,14,16H2,(H4,26,27,28). The zero-order valence-corrected chi connectivity index (χ0v) is 18.2. The van der Waals surface area contributed by atoms with E-state index < -0.39 is 18.1 Å². The summed E-state index contributed by atoms with van der Waals surface area (Å²) in [6.45, 7) is 0.0103. The molecule has 0 amide bonds. The third-order valence-corrected chi connectivity index (χ3v) is 4.52. The van der Waals surface area contributed by atoms with Crippen LogP contribution in [0.5, 0.6) is 5.75 Å². The molecule has 9 nitrogen and oxygen atoms in total. The van der Waals surface area contributed by atoms with E-state index in [4.69, 9.17) is 20.6 Å². The van der Waals surface area contributed by atoms with Crippen molar-refractivity contribution in [3.8, 4) is 5.75 Å². The maximum absolute atomic E-state index is 12.4. The second-order valence-electron chi connectivity index (χ2n) is 7.15. The largest absolute Gasteiger partial charge is 0.516 e. The molecule has 0 unspecified atom stereocenters. The molecule has 3 rings (SSSR count). The lowest BCUT2D eigenvalue weighted by atomic mass is 10.1. The summed E-state index contributed by atoms with van der Waals surface area (Å²) in [4.78, 5) is 36.0. The van der Waals surface area contributed by atoms with Gasteiger partial charge in [0.25, 0.3) is 0 Å². The van der Waals surface area contributed by atoms with Crippen LogP contribution in [0, 0.1) is 5.41 Å². The van der Waals surface area contributed by atoms with Crippen molar-refractivity contribution >= 4 is 29.7 Å². The van der Waals surface area contributed by atoms with Gasteiger partial charge in [0.05, 0.1) is 12.0 Å². The van der Waals surface area contributed by atoms with E-state index >= 15 is 0 Å². The topological polar surface area (TPSA) is 141 Å². The van der Waals surface area contributed by atoms with Crippen LogP contribution in [0.1, 0.15) is 27.9 Å². The molecule has 34 heavy (non-hydrogen) atoms. The number of esters is 2. The monoisotopic (exact) mass is 461 g/mol. The zero-order valence-electron chi connectivity index (χ0n) is 18.2. The number of anilines is 1. The van der Waals surface area contributed by atoms with Crippen molar-refractivity contribution in [2.24, 2.45) is 5.73 Å². The van der Waals surface area contributed by atoms with Gasteiger partial charge >= 0.3 is 18.1 Å². The molecule has 9 heteroatoms. The Hall–Kier alpha value is -4.66. The molecule has 0 radical (unpaired) electrons. The molecular formula is C25H23N3O6. The van der Waals surface area contributed by atoms with Crippen molar-refractivity contribution < 1.29 is 28.6 Å². The number of aryl methyl sites for hydroxylation is 1. The van der Waals surface area contributed by atoms with Crippen molar-refractivity contribution in [2.45, 2.75) is 19.4 Å². The molecule has 0 saturated heterocycles. The Kier molecular flexibility index (Phi) is 8.34. The number of guanidine groups is 1. The predicted molar refractivity (Wildman–Crippen MR) is 124 cm³/mol. The lowest BCUT2D eigenvalue weighted by Gasteiger charge is -2.08. The number of carbonyl (C=O) groups excluding carboxylic acids is 3. The van der Waals surface area contributed by atoms with Crippen molar-refractivity contribution in [1.29, 1.82) is 5.41 Å². The van der Waals surface area contributed by atoms with Crippen LogP contribution in [-0.2, 0) is 27.3 Å². The predicted octanol–water partition coefficient (Wildman–Crippen LogP) is 4.02. The van der Waals surface area contributed by atoms with Crippen LogP contribution in [0.25, 0.3) is 0 Å². The first-order chi connectivity index (χ1) is 16.4. The summed E-state index contributed by atoms with van der Waals surface area (Å²) >= 11 is 0. The number of ether oxygens (including phenoxy) is 3. The fourth-order valence-electron chi connectivity index (χ4n) is 2.91. The highest BCUT2D eigenvalue weighted by molar-refractivity contribution is 5.93. The molecule has 0 saturated carbocycles. The third kappa shape index (κ3) is 7.79. The van der Waals surface area contributed by atoms with E-state index in [9.17, 15) is 14.4 Å². The summed E-state index contributed by atoms with van der Waals surface area (Å²) in [5, 5.41) is 9.83. The molecule has 0 aliphatic carbocycles. The average molecular weight is 461 g/mol. The van der Waals surface area contributed by atoms with Crippen LogP contribution in [0.2, 0.25) is 0 Å². The lowest BCUT2D eigenvalue weighted by molar-refractivity contribution is -0.139. The van der Waals surface area contributed by atoms with E-state index in [1.807, 2.05) is 18.2 Å². The molecule has 0 bridgehead atoms. The minimum atomic E-state index is -1.05. The van der Waals surface area contributed by atoms with Gasteiger partial charge in [-0.05, 0) is 53.9 Å². The Bertz CT molecular complexity index is 1160. The van der Waals surface area contributed by atoms with Gasteiger partial charge in [-0.3, -0.25) is 10.2 Å². The summed E-state index contributed by atoms with van der Waals surface area (Å²) < 4.78 is 15.0. The van der Waals surface area contributed by atoms with Crippen LogP contribution in [0.4, 0.5) is 10.5 Å². The fourth-order valence-corrected chi connectivity index (χ4v) is 2.91. The van der Waals surface area contributed by atoms with Gasteiger partial charge < -0.3 is 25.3 Å². The molecule has 0 atom stereocenters. The first-order valence-corrected chi connectivity index (χ1v) is 10.3. The van der Waals surface area contributed by atoms with Gasteiger partial charge in [-0.25, -0.2) is 9.59 Å². The Labute approximate surface area is 196 Å². The van der Waals surface area contributed by atoms with Gasteiger partial charge in [0.2, 0.25) is 0 Å². The highest BCUT2D eigenvalue weighted by atomic mass is 16.7. The van der Waals surface area contributed by atoms with Crippen LogP contribution in [-0.4, -0.2) is 24.1 Å². The summed E-state index contributed by atoms with van der Waals surface area (Å²) in [7, 11) is 0. The summed E-state index contributed by atoms with van der Waals surface area (Å²) in [6, 6.07) is 22.0. The van der Waals surface area contributed by atoms with E-state index in [1.54, 1.807) is 60.7 Å².